The highest BCUT2D eigenvalue weighted by Gasteiger charge is 2.21. The number of nitrogens with zero attached hydrogens (tertiary/aromatic N) is 1. The Morgan fingerprint density at radius 3 is 2.44 bits per heavy atom. The molecule has 1 aliphatic rings. The lowest BCUT2D eigenvalue weighted by molar-refractivity contribution is 0.156. The number of hydrogen-bond donors (Lipinski definition) is 1. The maximum absolute atomic E-state index is 5.37. The minimum absolute atomic E-state index is 0.514. The van der Waals surface area contributed by atoms with Crippen LogP contribution in [0.1, 0.15) is 46.5 Å². The van der Waals surface area contributed by atoms with Crippen LogP contribution in [0.15, 0.2) is 0 Å². The molecule has 16 heavy (non-hydrogen) atoms. The minimum Gasteiger partial charge on any atom is -0.310 e. The quantitative estimate of drug-likeness (QED) is 0.718. The van der Waals surface area contributed by atoms with Gasteiger partial charge in [0.1, 0.15) is 0 Å². The molecule has 1 aliphatic heterocycles. The smallest absolute Gasteiger partial charge is 0.0240 e. The number of nitrogens with one attached hydrogen (secondary N) is 1. The Balaban J connectivity index is 2.28. The SMILES string of the molecule is C#CCC(CC)NC1CCN(C(C)C)CC1. The van der Waals surface area contributed by atoms with Crippen molar-refractivity contribution in [1.29, 1.82) is 0 Å². The normalized spacial score (nSPS) is 20.9. The molecule has 0 spiro atoms. The molecule has 0 aromatic carbocycles. The van der Waals surface area contributed by atoms with Crippen molar-refractivity contribution in [2.75, 3.05) is 13.1 Å². The average Bonchev–Trinajstić information content (AvgIpc) is 2.29. The first-order valence-electron chi connectivity index (χ1n) is 6.61. The summed E-state index contributed by atoms with van der Waals surface area (Å²) in [6.45, 7) is 9.21. The highest BCUT2D eigenvalue weighted by molar-refractivity contribution is 4.91. The van der Waals surface area contributed by atoms with Crippen LogP contribution in [0.3, 0.4) is 0 Å². The fourth-order valence-electron chi connectivity index (χ4n) is 2.38. The molecule has 0 bridgehead atoms. The largest absolute Gasteiger partial charge is 0.310 e. The molecule has 1 unspecified atom stereocenters. The summed E-state index contributed by atoms with van der Waals surface area (Å²) in [5, 5.41) is 3.70. The Bertz CT molecular complexity index is 221. The molecule has 1 atom stereocenters. The van der Waals surface area contributed by atoms with E-state index >= 15 is 0 Å². The number of hydrogen-bond acceptors (Lipinski definition) is 2. The molecule has 2 nitrogen and oxygen atoms in total. The second kappa shape index (κ2) is 6.93. The van der Waals surface area contributed by atoms with Crippen molar-refractivity contribution < 1.29 is 0 Å². The second-order valence-corrected chi connectivity index (χ2v) is 5.08. The summed E-state index contributed by atoms with van der Waals surface area (Å²) in [5.41, 5.74) is 0. The number of piperidine rings is 1. The second-order valence-electron chi connectivity index (χ2n) is 5.08. The van der Waals surface area contributed by atoms with E-state index in [0.29, 0.717) is 18.1 Å². The maximum atomic E-state index is 5.37. The van der Waals surface area contributed by atoms with Crippen molar-refractivity contribution in [3.8, 4) is 12.3 Å². The summed E-state index contributed by atoms with van der Waals surface area (Å²) in [6.07, 6.45) is 9.90. The zero-order valence-electron chi connectivity index (χ0n) is 11.0. The molecule has 1 heterocycles. The molecule has 0 radical (unpaired) electrons. The first-order chi connectivity index (χ1) is 7.67. The van der Waals surface area contributed by atoms with Crippen molar-refractivity contribution in [3.05, 3.63) is 0 Å². The van der Waals surface area contributed by atoms with Gasteiger partial charge in [0.15, 0.2) is 0 Å². The summed E-state index contributed by atoms with van der Waals surface area (Å²) in [4.78, 5) is 2.56. The predicted octanol–water partition coefficient (Wildman–Crippen LogP) is 2.25. The van der Waals surface area contributed by atoms with Gasteiger partial charge in [-0.05, 0) is 46.2 Å². The van der Waals surface area contributed by atoms with Crippen LogP contribution in [0.25, 0.3) is 0 Å². The molecule has 0 aromatic heterocycles. The highest BCUT2D eigenvalue weighted by Crippen LogP contribution is 2.14. The van der Waals surface area contributed by atoms with E-state index in [1.807, 2.05) is 0 Å². The van der Waals surface area contributed by atoms with E-state index in [2.05, 4.69) is 36.9 Å². The molecule has 0 amide bonds. The zero-order valence-corrected chi connectivity index (χ0v) is 11.0. The Hall–Kier alpha value is -0.520. The Labute approximate surface area is 101 Å². The van der Waals surface area contributed by atoms with E-state index in [-0.39, 0.29) is 0 Å². The molecule has 2 heteroatoms. The van der Waals surface area contributed by atoms with Crippen molar-refractivity contribution >= 4 is 0 Å². The summed E-state index contributed by atoms with van der Waals surface area (Å²) >= 11 is 0. The van der Waals surface area contributed by atoms with Crippen LogP contribution >= 0.6 is 0 Å². The Morgan fingerprint density at radius 1 is 1.38 bits per heavy atom. The summed E-state index contributed by atoms with van der Waals surface area (Å²) < 4.78 is 0. The van der Waals surface area contributed by atoms with Crippen molar-refractivity contribution in [2.24, 2.45) is 0 Å². The molecular formula is C14H26N2. The molecular weight excluding hydrogens is 196 g/mol. The van der Waals surface area contributed by atoms with Gasteiger partial charge >= 0.3 is 0 Å². The van der Waals surface area contributed by atoms with Crippen LogP contribution in [0.5, 0.6) is 0 Å². The van der Waals surface area contributed by atoms with E-state index in [1.165, 1.54) is 25.9 Å². The van der Waals surface area contributed by atoms with Gasteiger partial charge in [-0.15, -0.1) is 12.3 Å². The van der Waals surface area contributed by atoms with Gasteiger partial charge < -0.3 is 10.2 Å². The topological polar surface area (TPSA) is 15.3 Å². The van der Waals surface area contributed by atoms with Crippen LogP contribution in [0, 0.1) is 12.3 Å². The fraction of sp³-hybridized carbons (Fsp3) is 0.857. The van der Waals surface area contributed by atoms with Gasteiger partial charge in [-0.2, -0.15) is 0 Å². The number of likely N-dealkylation sites (tertiary alicyclic amines) is 1. The summed E-state index contributed by atoms with van der Waals surface area (Å²) in [6, 6.07) is 1.88. The minimum atomic E-state index is 0.514. The van der Waals surface area contributed by atoms with E-state index in [4.69, 9.17) is 6.42 Å². The van der Waals surface area contributed by atoms with Crippen molar-refractivity contribution in [3.63, 3.8) is 0 Å². The zero-order chi connectivity index (χ0) is 12.0. The van der Waals surface area contributed by atoms with Crippen LogP contribution < -0.4 is 5.32 Å². The highest BCUT2D eigenvalue weighted by atomic mass is 15.2. The Morgan fingerprint density at radius 2 is 2.00 bits per heavy atom. The van der Waals surface area contributed by atoms with Gasteiger partial charge in [0.2, 0.25) is 0 Å². The molecule has 1 fully saturated rings. The molecule has 0 saturated carbocycles. The van der Waals surface area contributed by atoms with Crippen LogP contribution in [0.2, 0.25) is 0 Å². The predicted molar refractivity (Wildman–Crippen MR) is 70.4 cm³/mol. The van der Waals surface area contributed by atoms with Gasteiger partial charge in [0.25, 0.3) is 0 Å². The monoisotopic (exact) mass is 222 g/mol. The molecule has 1 saturated heterocycles. The number of rotatable bonds is 5. The van der Waals surface area contributed by atoms with Crippen molar-refractivity contribution in [2.45, 2.75) is 64.6 Å². The Kier molecular flexibility index (Phi) is 5.87. The van der Waals surface area contributed by atoms with E-state index in [9.17, 15) is 0 Å². The van der Waals surface area contributed by atoms with Gasteiger partial charge in [-0.3, -0.25) is 0 Å². The van der Waals surface area contributed by atoms with Gasteiger partial charge in [-0.25, -0.2) is 0 Å². The molecule has 0 aliphatic carbocycles. The lowest BCUT2D eigenvalue weighted by Crippen LogP contribution is -2.47. The van der Waals surface area contributed by atoms with Crippen LogP contribution in [0.4, 0.5) is 0 Å². The van der Waals surface area contributed by atoms with E-state index in [1.54, 1.807) is 0 Å². The van der Waals surface area contributed by atoms with E-state index in [0.717, 1.165) is 12.8 Å². The molecule has 1 N–H and O–H groups in total. The lowest BCUT2D eigenvalue weighted by atomic mass is 10.0. The third-order valence-corrected chi connectivity index (χ3v) is 3.59. The van der Waals surface area contributed by atoms with Crippen LogP contribution in [-0.2, 0) is 0 Å². The summed E-state index contributed by atoms with van der Waals surface area (Å²) in [7, 11) is 0. The third kappa shape index (κ3) is 4.15. The average molecular weight is 222 g/mol. The fourth-order valence-corrected chi connectivity index (χ4v) is 2.38. The molecule has 92 valence electrons. The number of terminal acetylenes is 1. The lowest BCUT2D eigenvalue weighted by Gasteiger charge is -2.36. The van der Waals surface area contributed by atoms with Crippen molar-refractivity contribution in [1.82, 2.24) is 10.2 Å². The molecule has 0 aromatic rings. The standard InChI is InChI=1S/C14H26N2/c1-5-7-13(6-2)15-14-8-10-16(11-9-14)12(3)4/h1,12-15H,6-11H2,2-4H3. The maximum Gasteiger partial charge on any atom is 0.0240 e. The third-order valence-electron chi connectivity index (χ3n) is 3.59. The van der Waals surface area contributed by atoms with Crippen LogP contribution in [-0.4, -0.2) is 36.1 Å². The van der Waals surface area contributed by atoms with E-state index < -0.39 is 0 Å². The van der Waals surface area contributed by atoms with Gasteiger partial charge in [0.05, 0.1) is 0 Å². The van der Waals surface area contributed by atoms with Gasteiger partial charge in [-0.1, -0.05) is 6.92 Å². The molecule has 1 rings (SSSR count). The summed E-state index contributed by atoms with van der Waals surface area (Å²) in [5.74, 6) is 2.76. The van der Waals surface area contributed by atoms with Gasteiger partial charge in [0, 0.05) is 24.5 Å². The first-order valence-corrected chi connectivity index (χ1v) is 6.61. The first kappa shape index (κ1) is 13.5.